The molecule has 0 N–H and O–H groups in total. The molecule has 0 aliphatic heterocycles. The summed E-state index contributed by atoms with van der Waals surface area (Å²) in [6.07, 6.45) is 6.44. The summed E-state index contributed by atoms with van der Waals surface area (Å²) in [5.41, 5.74) is 2.57. The van der Waals surface area contributed by atoms with Crippen molar-refractivity contribution in [2.75, 3.05) is 0 Å². The van der Waals surface area contributed by atoms with Crippen LogP contribution < -0.4 is 0 Å². The summed E-state index contributed by atoms with van der Waals surface area (Å²) in [7, 11) is 0. The van der Waals surface area contributed by atoms with Crippen molar-refractivity contribution < 1.29 is 4.79 Å². The Kier molecular flexibility index (Phi) is 2.08. The van der Waals surface area contributed by atoms with E-state index in [1.165, 1.54) is 4.68 Å². The summed E-state index contributed by atoms with van der Waals surface area (Å²) in [6, 6.07) is 1.90. The lowest BCUT2D eigenvalue weighted by Crippen LogP contribution is -2.15. The van der Waals surface area contributed by atoms with Crippen LogP contribution in [0.4, 0.5) is 0 Å². The van der Waals surface area contributed by atoms with Crippen LogP contribution in [0.2, 0.25) is 0 Å². The van der Waals surface area contributed by atoms with Crippen LogP contribution in [-0.2, 0) is 0 Å². The number of allylic oxidation sites excluding steroid dienone is 4. The first kappa shape index (κ1) is 8.94. The molecular weight excluding hydrogens is 176 g/mol. The molecule has 0 saturated carbocycles. The standard InChI is InChI=1S/C11H12N2O/c1-8-7-9(2)13(12-8)11(14)10-5-3-4-6-10/h3-5,7H,6H2,1-2H3. The highest BCUT2D eigenvalue weighted by Gasteiger charge is 2.15. The summed E-state index contributed by atoms with van der Waals surface area (Å²) < 4.78 is 1.47. The molecule has 0 bridgehead atoms. The topological polar surface area (TPSA) is 34.9 Å². The average Bonchev–Trinajstić information content (AvgIpc) is 2.73. The van der Waals surface area contributed by atoms with Crippen molar-refractivity contribution in [3.63, 3.8) is 0 Å². The van der Waals surface area contributed by atoms with Crippen LogP contribution in [0.5, 0.6) is 0 Å². The molecule has 1 aromatic heterocycles. The first-order valence-electron chi connectivity index (χ1n) is 4.62. The van der Waals surface area contributed by atoms with Gasteiger partial charge < -0.3 is 0 Å². The second-order valence-electron chi connectivity index (χ2n) is 3.47. The Morgan fingerprint density at radius 1 is 1.50 bits per heavy atom. The predicted molar refractivity (Wildman–Crippen MR) is 54.2 cm³/mol. The zero-order valence-electron chi connectivity index (χ0n) is 8.32. The van der Waals surface area contributed by atoms with Gasteiger partial charge in [0, 0.05) is 11.3 Å². The largest absolute Gasteiger partial charge is 0.274 e. The minimum atomic E-state index is -0.0133. The van der Waals surface area contributed by atoms with Crippen LogP contribution >= 0.6 is 0 Å². The van der Waals surface area contributed by atoms with Gasteiger partial charge in [0.2, 0.25) is 0 Å². The zero-order chi connectivity index (χ0) is 10.1. The van der Waals surface area contributed by atoms with Gasteiger partial charge in [-0.05, 0) is 26.3 Å². The number of hydrogen-bond donors (Lipinski definition) is 0. The predicted octanol–water partition coefficient (Wildman–Crippen LogP) is 2.03. The van der Waals surface area contributed by atoms with Gasteiger partial charge in [-0.15, -0.1) is 0 Å². The van der Waals surface area contributed by atoms with Crippen LogP contribution in [-0.4, -0.2) is 15.7 Å². The van der Waals surface area contributed by atoms with E-state index in [0.717, 1.165) is 23.4 Å². The molecule has 0 saturated heterocycles. The van der Waals surface area contributed by atoms with Crippen molar-refractivity contribution >= 4 is 5.91 Å². The molecule has 0 radical (unpaired) electrons. The molecule has 0 unspecified atom stereocenters. The first-order chi connectivity index (χ1) is 6.68. The Hall–Kier alpha value is -1.64. The summed E-state index contributed by atoms with van der Waals surface area (Å²) in [4.78, 5) is 11.9. The van der Waals surface area contributed by atoms with Gasteiger partial charge in [0.15, 0.2) is 0 Å². The third kappa shape index (κ3) is 1.41. The normalized spacial score (nSPS) is 14.6. The van der Waals surface area contributed by atoms with Gasteiger partial charge in [0.25, 0.3) is 5.91 Å². The summed E-state index contributed by atoms with van der Waals surface area (Å²) in [5.74, 6) is -0.0133. The maximum atomic E-state index is 11.9. The molecule has 72 valence electrons. The van der Waals surface area contributed by atoms with Gasteiger partial charge in [-0.2, -0.15) is 5.10 Å². The highest BCUT2D eigenvalue weighted by molar-refractivity contribution is 5.96. The van der Waals surface area contributed by atoms with Gasteiger partial charge in [-0.1, -0.05) is 18.2 Å². The zero-order valence-corrected chi connectivity index (χ0v) is 8.32. The second-order valence-corrected chi connectivity index (χ2v) is 3.47. The smallest absolute Gasteiger partial charge is 0.267 e. The number of aryl methyl sites for hydroxylation is 2. The molecule has 3 nitrogen and oxygen atoms in total. The molecule has 3 heteroatoms. The molecule has 1 heterocycles. The number of hydrogen-bond acceptors (Lipinski definition) is 2. The fourth-order valence-electron chi connectivity index (χ4n) is 1.58. The van der Waals surface area contributed by atoms with Gasteiger partial charge in [-0.3, -0.25) is 4.79 Å². The van der Waals surface area contributed by atoms with Gasteiger partial charge >= 0.3 is 0 Å². The second kappa shape index (κ2) is 3.25. The lowest BCUT2D eigenvalue weighted by molar-refractivity contribution is 0.0935. The van der Waals surface area contributed by atoms with E-state index in [1.54, 1.807) is 0 Å². The van der Waals surface area contributed by atoms with Gasteiger partial charge in [0.1, 0.15) is 0 Å². The third-order valence-corrected chi connectivity index (χ3v) is 2.25. The summed E-state index contributed by atoms with van der Waals surface area (Å²) >= 11 is 0. The van der Waals surface area contributed by atoms with E-state index in [-0.39, 0.29) is 5.91 Å². The van der Waals surface area contributed by atoms with Crippen LogP contribution in [0.15, 0.2) is 29.9 Å². The molecule has 0 aromatic carbocycles. The van der Waals surface area contributed by atoms with E-state index in [9.17, 15) is 4.79 Å². The lowest BCUT2D eigenvalue weighted by atomic mass is 10.2. The van der Waals surface area contributed by atoms with E-state index in [2.05, 4.69) is 5.10 Å². The molecule has 0 atom stereocenters. The minimum absolute atomic E-state index is 0.0133. The molecule has 1 aromatic rings. The fourth-order valence-corrected chi connectivity index (χ4v) is 1.58. The molecule has 1 aliphatic carbocycles. The average molecular weight is 188 g/mol. The number of nitrogens with zero attached hydrogens (tertiary/aromatic N) is 2. The molecule has 0 amide bonds. The minimum Gasteiger partial charge on any atom is -0.267 e. The molecule has 0 spiro atoms. The highest BCUT2D eigenvalue weighted by atomic mass is 16.2. The maximum absolute atomic E-state index is 11.9. The van der Waals surface area contributed by atoms with E-state index in [4.69, 9.17) is 0 Å². The Morgan fingerprint density at radius 2 is 2.29 bits per heavy atom. The fraction of sp³-hybridized carbons (Fsp3) is 0.273. The quantitative estimate of drug-likeness (QED) is 0.675. The van der Waals surface area contributed by atoms with Gasteiger partial charge in [0.05, 0.1) is 5.69 Å². The van der Waals surface area contributed by atoms with Crippen molar-refractivity contribution in [3.8, 4) is 0 Å². The van der Waals surface area contributed by atoms with Crippen LogP contribution in [0.1, 0.15) is 22.6 Å². The van der Waals surface area contributed by atoms with Crippen molar-refractivity contribution in [1.82, 2.24) is 9.78 Å². The molecule has 14 heavy (non-hydrogen) atoms. The van der Waals surface area contributed by atoms with Crippen LogP contribution in [0.25, 0.3) is 0 Å². The number of rotatable bonds is 1. The van der Waals surface area contributed by atoms with E-state index < -0.39 is 0 Å². The molecule has 0 fully saturated rings. The third-order valence-electron chi connectivity index (χ3n) is 2.25. The SMILES string of the molecule is Cc1cc(C)n(C(=O)C2=CC=CC2)n1. The summed E-state index contributed by atoms with van der Waals surface area (Å²) in [6.45, 7) is 3.78. The Morgan fingerprint density at radius 3 is 2.79 bits per heavy atom. The van der Waals surface area contributed by atoms with Crippen molar-refractivity contribution in [2.45, 2.75) is 20.3 Å². The number of aromatic nitrogens is 2. The highest BCUT2D eigenvalue weighted by Crippen LogP contribution is 2.14. The first-order valence-corrected chi connectivity index (χ1v) is 4.62. The number of carbonyl (C=O) groups is 1. The van der Waals surface area contributed by atoms with E-state index in [1.807, 2.05) is 38.1 Å². The maximum Gasteiger partial charge on any atom is 0.274 e. The Bertz CT molecular complexity index is 438. The molecule has 2 rings (SSSR count). The van der Waals surface area contributed by atoms with Gasteiger partial charge in [-0.25, -0.2) is 4.68 Å². The van der Waals surface area contributed by atoms with E-state index in [0.29, 0.717) is 0 Å². The Labute approximate surface area is 82.7 Å². The van der Waals surface area contributed by atoms with E-state index >= 15 is 0 Å². The monoisotopic (exact) mass is 188 g/mol. The Balaban J connectivity index is 2.31. The lowest BCUT2D eigenvalue weighted by Gasteiger charge is -2.02. The van der Waals surface area contributed by atoms with Crippen molar-refractivity contribution in [1.29, 1.82) is 0 Å². The molecular formula is C11H12N2O. The van der Waals surface area contributed by atoms with Crippen LogP contribution in [0, 0.1) is 13.8 Å². The van der Waals surface area contributed by atoms with Crippen molar-refractivity contribution in [3.05, 3.63) is 41.3 Å². The molecule has 1 aliphatic rings. The summed E-state index contributed by atoms with van der Waals surface area (Å²) in [5, 5.41) is 4.15. The van der Waals surface area contributed by atoms with Crippen molar-refractivity contribution in [2.24, 2.45) is 0 Å². The van der Waals surface area contributed by atoms with Crippen LogP contribution in [0.3, 0.4) is 0 Å². The number of carbonyl (C=O) groups excluding carboxylic acids is 1.